The first-order valence-electron chi connectivity index (χ1n) is 11.3. The molecule has 0 aliphatic rings. The number of halogens is 5. The first kappa shape index (κ1) is 29.3. The fourth-order valence-electron chi connectivity index (χ4n) is 3.22. The Morgan fingerprint density at radius 2 is 1.76 bits per heavy atom. The Bertz CT molecular complexity index is 1430. The van der Waals surface area contributed by atoms with Gasteiger partial charge in [0.15, 0.2) is 0 Å². The van der Waals surface area contributed by atoms with E-state index in [1.54, 1.807) is 30.3 Å². The van der Waals surface area contributed by atoms with Gasteiger partial charge in [-0.15, -0.1) is 11.3 Å². The molecule has 11 heteroatoms. The third-order valence-electron chi connectivity index (χ3n) is 5.13. The van der Waals surface area contributed by atoms with Crippen LogP contribution in [0, 0.1) is 11.8 Å². The zero-order valence-corrected chi connectivity index (χ0v) is 22.5. The molecular formula is C27H23Cl2F3N4OS. The van der Waals surface area contributed by atoms with Crippen LogP contribution in [0.25, 0.3) is 0 Å². The number of hydrogen-bond acceptors (Lipinski definition) is 5. The molecule has 2 aromatic carbocycles. The van der Waals surface area contributed by atoms with E-state index in [2.05, 4.69) is 17.2 Å². The summed E-state index contributed by atoms with van der Waals surface area (Å²) in [6, 6.07) is 12.9. The van der Waals surface area contributed by atoms with Gasteiger partial charge in [0.1, 0.15) is 5.70 Å². The number of primary amides is 1. The average molecular weight is 579 g/mol. The summed E-state index contributed by atoms with van der Waals surface area (Å²) in [4.78, 5) is 18.0. The Balaban J connectivity index is 2.05. The first-order chi connectivity index (χ1) is 18.0. The molecule has 5 nitrogen and oxygen atoms in total. The lowest BCUT2D eigenvalue weighted by molar-refractivity contribution is -0.137. The number of alkyl halides is 3. The third kappa shape index (κ3) is 7.85. The smallest absolute Gasteiger partial charge is 0.394 e. The van der Waals surface area contributed by atoms with E-state index in [1.807, 2.05) is 6.92 Å². The molecule has 0 atom stereocenters. The molecular weight excluding hydrogens is 556 g/mol. The lowest BCUT2D eigenvalue weighted by atomic mass is 10.1. The maximum Gasteiger partial charge on any atom is 0.416 e. The van der Waals surface area contributed by atoms with Gasteiger partial charge in [-0.2, -0.15) is 13.2 Å². The number of carbonyl (C=O) groups excluding carboxylic acids is 1. The van der Waals surface area contributed by atoms with Gasteiger partial charge in [0, 0.05) is 22.7 Å². The fraction of sp³-hybridized carbons (Fsp3) is 0.185. The molecule has 198 valence electrons. The van der Waals surface area contributed by atoms with Gasteiger partial charge >= 0.3 is 6.18 Å². The van der Waals surface area contributed by atoms with Crippen molar-refractivity contribution in [3.8, 4) is 11.8 Å². The molecule has 0 fully saturated rings. The summed E-state index contributed by atoms with van der Waals surface area (Å²) in [6.07, 6.45) is -3.57. The van der Waals surface area contributed by atoms with E-state index in [0.717, 1.165) is 18.6 Å². The Kier molecular flexibility index (Phi) is 10.00. The van der Waals surface area contributed by atoms with Crippen LogP contribution in [0.2, 0.25) is 10.0 Å². The number of nitrogens with two attached hydrogens (primary N) is 2. The molecule has 1 amide bonds. The molecule has 0 bridgehead atoms. The van der Waals surface area contributed by atoms with Crippen LogP contribution >= 0.6 is 34.5 Å². The van der Waals surface area contributed by atoms with E-state index >= 15 is 0 Å². The zero-order chi connectivity index (χ0) is 27.9. The van der Waals surface area contributed by atoms with Crippen molar-refractivity contribution in [3.05, 3.63) is 96.8 Å². The molecule has 0 aliphatic heterocycles. The van der Waals surface area contributed by atoms with Gasteiger partial charge in [-0.05, 0) is 67.6 Å². The predicted octanol–water partition coefficient (Wildman–Crippen LogP) is 6.29. The summed E-state index contributed by atoms with van der Waals surface area (Å²) >= 11 is 13.7. The number of aliphatic imine (C=N–C) groups is 1. The normalized spacial score (nSPS) is 12.5. The summed E-state index contributed by atoms with van der Waals surface area (Å²) in [5.74, 6) is 5.02. The molecule has 0 unspecified atom stereocenters. The molecule has 3 aromatic rings. The highest BCUT2D eigenvalue weighted by molar-refractivity contribution is 7.14. The van der Waals surface area contributed by atoms with Crippen LogP contribution in [0.1, 0.15) is 34.2 Å². The van der Waals surface area contributed by atoms with Crippen molar-refractivity contribution in [2.75, 3.05) is 13.1 Å². The number of thiophene rings is 1. The van der Waals surface area contributed by atoms with Crippen LogP contribution in [0.4, 0.5) is 18.9 Å². The van der Waals surface area contributed by atoms with E-state index in [4.69, 9.17) is 39.7 Å². The van der Waals surface area contributed by atoms with Gasteiger partial charge in [0.2, 0.25) is 0 Å². The molecule has 0 spiro atoms. The quantitative estimate of drug-likeness (QED) is 0.127. The van der Waals surface area contributed by atoms with Crippen LogP contribution in [-0.4, -0.2) is 24.7 Å². The second-order valence-electron chi connectivity index (χ2n) is 7.98. The molecule has 0 saturated carbocycles. The summed E-state index contributed by atoms with van der Waals surface area (Å²) in [5.41, 5.74) is 12.3. The van der Waals surface area contributed by atoms with Crippen LogP contribution < -0.4 is 16.8 Å². The van der Waals surface area contributed by atoms with E-state index < -0.39 is 17.6 Å². The van der Waals surface area contributed by atoms with Crippen LogP contribution in [0.15, 0.2) is 70.9 Å². The van der Waals surface area contributed by atoms with Crippen LogP contribution in [-0.2, 0) is 11.0 Å². The second kappa shape index (κ2) is 13.0. The standard InChI is InChI=1S/C27H23Cl2F3N4OS/c1-2-13-35-15-20(24(33)26(34)37)25(36-22-11-8-18(28)14-21(22)29)23-12-10-19(38-23)9-5-16-3-6-17(7-4-16)27(30,31)32/h3-4,6-8,10-12,14,35H,2,13,15,33H2,1H3,(H2,34,37)/b24-20-,36-25?. The van der Waals surface area contributed by atoms with Gasteiger partial charge < -0.3 is 16.8 Å². The molecule has 1 heterocycles. The van der Waals surface area contributed by atoms with Crippen molar-refractivity contribution in [2.45, 2.75) is 19.5 Å². The number of benzene rings is 2. The van der Waals surface area contributed by atoms with Gasteiger partial charge in [-0.3, -0.25) is 4.79 Å². The minimum Gasteiger partial charge on any atom is -0.394 e. The van der Waals surface area contributed by atoms with Crippen molar-refractivity contribution >= 4 is 51.8 Å². The number of nitrogens with one attached hydrogen (secondary N) is 1. The number of hydrogen-bond donors (Lipinski definition) is 3. The second-order valence-corrected chi connectivity index (χ2v) is 9.91. The first-order valence-corrected chi connectivity index (χ1v) is 12.9. The molecule has 5 N–H and O–H groups in total. The molecule has 1 aromatic heterocycles. The third-order valence-corrected chi connectivity index (χ3v) is 6.67. The van der Waals surface area contributed by atoms with Crippen LogP contribution in [0.5, 0.6) is 0 Å². The topological polar surface area (TPSA) is 93.5 Å². The summed E-state index contributed by atoms with van der Waals surface area (Å²) in [7, 11) is 0. The van der Waals surface area contributed by atoms with E-state index in [1.165, 1.54) is 23.5 Å². The number of amides is 1. The van der Waals surface area contributed by atoms with Gasteiger partial charge in [0.05, 0.1) is 31.7 Å². The van der Waals surface area contributed by atoms with Crippen molar-refractivity contribution in [1.82, 2.24) is 5.32 Å². The largest absolute Gasteiger partial charge is 0.416 e. The van der Waals surface area contributed by atoms with E-state index in [9.17, 15) is 18.0 Å². The van der Waals surface area contributed by atoms with Crippen molar-refractivity contribution in [1.29, 1.82) is 0 Å². The molecule has 0 aliphatic carbocycles. The summed E-state index contributed by atoms with van der Waals surface area (Å²) in [6.45, 7) is 2.88. The maximum absolute atomic E-state index is 12.8. The minimum absolute atomic E-state index is 0.150. The van der Waals surface area contributed by atoms with Gasteiger partial charge in [0.25, 0.3) is 5.91 Å². The maximum atomic E-state index is 12.8. The van der Waals surface area contributed by atoms with Crippen molar-refractivity contribution < 1.29 is 18.0 Å². The fourth-order valence-corrected chi connectivity index (χ4v) is 4.55. The molecule has 0 radical (unpaired) electrons. The lowest BCUT2D eigenvalue weighted by Gasteiger charge is -2.14. The average Bonchev–Trinajstić information content (AvgIpc) is 3.33. The monoisotopic (exact) mass is 578 g/mol. The molecule has 0 saturated heterocycles. The van der Waals surface area contributed by atoms with Gasteiger partial charge in [-0.25, -0.2) is 4.99 Å². The van der Waals surface area contributed by atoms with Crippen molar-refractivity contribution in [3.63, 3.8) is 0 Å². The molecule has 3 rings (SSSR count). The van der Waals surface area contributed by atoms with E-state index in [-0.39, 0.29) is 12.2 Å². The van der Waals surface area contributed by atoms with E-state index in [0.29, 0.717) is 48.9 Å². The Morgan fingerprint density at radius 1 is 1.05 bits per heavy atom. The highest BCUT2D eigenvalue weighted by atomic mass is 35.5. The lowest BCUT2D eigenvalue weighted by Crippen LogP contribution is -2.30. The number of rotatable bonds is 8. The van der Waals surface area contributed by atoms with Crippen LogP contribution in [0.3, 0.4) is 0 Å². The van der Waals surface area contributed by atoms with Gasteiger partial charge in [-0.1, -0.05) is 42.0 Å². The highest BCUT2D eigenvalue weighted by Gasteiger charge is 2.29. The number of carbonyl (C=O) groups is 1. The zero-order valence-electron chi connectivity index (χ0n) is 20.1. The predicted molar refractivity (Wildman–Crippen MR) is 148 cm³/mol. The Morgan fingerprint density at radius 3 is 2.37 bits per heavy atom. The minimum atomic E-state index is -4.42. The summed E-state index contributed by atoms with van der Waals surface area (Å²) in [5, 5.41) is 3.95. The molecule has 38 heavy (non-hydrogen) atoms. The Labute approximate surface area is 232 Å². The SMILES string of the molecule is CCCNC/C(C(=Nc1ccc(Cl)cc1Cl)c1ccc(C#Cc2ccc(C(F)(F)F)cc2)s1)=C(/N)C(N)=O. The van der Waals surface area contributed by atoms with Crippen molar-refractivity contribution in [2.24, 2.45) is 16.5 Å². The number of nitrogens with zero attached hydrogens (tertiary/aromatic N) is 1. The highest BCUT2D eigenvalue weighted by Crippen LogP contribution is 2.31. The Hall–Kier alpha value is -3.29. The summed E-state index contributed by atoms with van der Waals surface area (Å²) < 4.78 is 38.4.